The molecule has 2 heterocycles. The van der Waals surface area contributed by atoms with Crippen molar-refractivity contribution in [3.8, 4) is 0 Å². The largest absolute Gasteiger partial charge is 0.334 e. The molecule has 1 aromatic carbocycles. The first-order valence-corrected chi connectivity index (χ1v) is 6.82. The summed E-state index contributed by atoms with van der Waals surface area (Å²) in [7, 11) is 0. The zero-order valence-corrected chi connectivity index (χ0v) is 11.6. The zero-order chi connectivity index (χ0) is 14.8. The standard InChI is InChI=1S/C17H15FN2O/c1-2-12-9-14-11-20(8-7-16(14)19-10-12)17(21)13-3-5-15(18)6-4-13/h2-6,9-10H,1,7-8,11H2. The van der Waals surface area contributed by atoms with Crippen LogP contribution < -0.4 is 0 Å². The highest BCUT2D eigenvalue weighted by Gasteiger charge is 2.22. The van der Waals surface area contributed by atoms with E-state index in [1.165, 1.54) is 24.3 Å². The molecule has 0 fully saturated rings. The maximum Gasteiger partial charge on any atom is 0.254 e. The molecular weight excluding hydrogens is 267 g/mol. The van der Waals surface area contributed by atoms with Gasteiger partial charge in [0.15, 0.2) is 0 Å². The van der Waals surface area contributed by atoms with Crippen molar-refractivity contribution in [1.82, 2.24) is 9.88 Å². The van der Waals surface area contributed by atoms with Crippen molar-refractivity contribution in [3.05, 3.63) is 71.3 Å². The summed E-state index contributed by atoms with van der Waals surface area (Å²) < 4.78 is 12.9. The molecule has 1 amide bonds. The van der Waals surface area contributed by atoms with Gasteiger partial charge in [-0.25, -0.2) is 4.39 Å². The molecule has 4 heteroatoms. The summed E-state index contributed by atoms with van der Waals surface area (Å²) in [5.74, 6) is -0.417. The Kier molecular flexibility index (Phi) is 3.52. The summed E-state index contributed by atoms with van der Waals surface area (Å²) in [4.78, 5) is 18.6. The van der Waals surface area contributed by atoms with E-state index in [0.29, 0.717) is 18.7 Å². The highest BCUT2D eigenvalue weighted by atomic mass is 19.1. The number of halogens is 1. The predicted octanol–water partition coefficient (Wildman–Crippen LogP) is 3.06. The lowest BCUT2D eigenvalue weighted by Crippen LogP contribution is -2.36. The van der Waals surface area contributed by atoms with E-state index in [-0.39, 0.29) is 11.7 Å². The first kappa shape index (κ1) is 13.5. The SMILES string of the molecule is C=Cc1cnc2c(c1)CN(C(=O)c1ccc(F)cc1)CC2. The molecule has 3 nitrogen and oxygen atoms in total. The van der Waals surface area contributed by atoms with Gasteiger partial charge in [-0.1, -0.05) is 12.7 Å². The second-order valence-corrected chi connectivity index (χ2v) is 5.06. The van der Waals surface area contributed by atoms with Gasteiger partial charge in [0, 0.05) is 37.0 Å². The van der Waals surface area contributed by atoms with E-state index in [1.54, 1.807) is 17.2 Å². The van der Waals surface area contributed by atoms with Crippen molar-refractivity contribution in [1.29, 1.82) is 0 Å². The van der Waals surface area contributed by atoms with Crippen molar-refractivity contribution in [2.24, 2.45) is 0 Å². The van der Waals surface area contributed by atoms with E-state index in [0.717, 1.165) is 23.2 Å². The molecule has 0 saturated carbocycles. The van der Waals surface area contributed by atoms with Crippen LogP contribution in [0.3, 0.4) is 0 Å². The summed E-state index contributed by atoms with van der Waals surface area (Å²) in [5, 5.41) is 0. The Bertz CT molecular complexity index is 694. The molecule has 1 aliphatic rings. The van der Waals surface area contributed by atoms with Crippen LogP contribution in [0.1, 0.15) is 27.2 Å². The average molecular weight is 282 g/mol. The average Bonchev–Trinajstić information content (AvgIpc) is 2.53. The zero-order valence-electron chi connectivity index (χ0n) is 11.6. The van der Waals surface area contributed by atoms with E-state index in [9.17, 15) is 9.18 Å². The van der Waals surface area contributed by atoms with Crippen LogP contribution in [0.2, 0.25) is 0 Å². The molecule has 106 valence electrons. The molecule has 3 rings (SSSR count). The van der Waals surface area contributed by atoms with Crippen LogP contribution in [-0.4, -0.2) is 22.3 Å². The minimum atomic E-state index is -0.338. The van der Waals surface area contributed by atoms with Crippen molar-refractivity contribution in [2.75, 3.05) is 6.54 Å². The number of carbonyl (C=O) groups excluding carboxylic acids is 1. The lowest BCUT2D eigenvalue weighted by atomic mass is 10.0. The molecule has 0 N–H and O–H groups in total. The Morgan fingerprint density at radius 1 is 1.33 bits per heavy atom. The number of pyridine rings is 1. The van der Waals surface area contributed by atoms with E-state index in [1.807, 2.05) is 6.07 Å². The van der Waals surface area contributed by atoms with E-state index < -0.39 is 0 Å². The van der Waals surface area contributed by atoms with Crippen LogP contribution in [0.15, 0.2) is 43.1 Å². The van der Waals surface area contributed by atoms with Crippen molar-refractivity contribution >= 4 is 12.0 Å². The molecular formula is C17H15FN2O. The first-order valence-electron chi connectivity index (χ1n) is 6.82. The molecule has 0 atom stereocenters. The number of hydrogen-bond donors (Lipinski definition) is 0. The van der Waals surface area contributed by atoms with Gasteiger partial charge in [0.2, 0.25) is 0 Å². The summed E-state index contributed by atoms with van der Waals surface area (Å²) in [6, 6.07) is 7.67. The summed E-state index contributed by atoms with van der Waals surface area (Å²) in [5.41, 5.74) is 3.54. The monoisotopic (exact) mass is 282 g/mol. The van der Waals surface area contributed by atoms with E-state index in [4.69, 9.17) is 0 Å². The van der Waals surface area contributed by atoms with Crippen LogP contribution in [0.4, 0.5) is 4.39 Å². The molecule has 1 aromatic heterocycles. The fraction of sp³-hybridized carbons (Fsp3) is 0.176. The Balaban J connectivity index is 1.83. The predicted molar refractivity (Wildman–Crippen MR) is 79.2 cm³/mol. The van der Waals surface area contributed by atoms with Gasteiger partial charge >= 0.3 is 0 Å². The Labute approximate surface area is 122 Å². The summed E-state index contributed by atoms with van der Waals surface area (Å²) in [6.07, 6.45) is 4.27. The molecule has 0 unspecified atom stereocenters. The highest BCUT2D eigenvalue weighted by Crippen LogP contribution is 2.20. The van der Waals surface area contributed by atoms with Crippen LogP contribution in [-0.2, 0) is 13.0 Å². The number of carbonyl (C=O) groups is 1. The summed E-state index contributed by atoms with van der Waals surface area (Å²) in [6.45, 7) is 4.89. The van der Waals surface area contributed by atoms with Gasteiger partial charge in [0.25, 0.3) is 5.91 Å². The van der Waals surface area contributed by atoms with Gasteiger partial charge in [-0.2, -0.15) is 0 Å². The highest BCUT2D eigenvalue weighted by molar-refractivity contribution is 5.94. The molecule has 0 saturated heterocycles. The van der Waals surface area contributed by atoms with Crippen LogP contribution in [0, 0.1) is 5.82 Å². The van der Waals surface area contributed by atoms with Gasteiger partial charge in [0.1, 0.15) is 5.82 Å². The minimum Gasteiger partial charge on any atom is -0.334 e. The van der Waals surface area contributed by atoms with Crippen LogP contribution >= 0.6 is 0 Å². The van der Waals surface area contributed by atoms with E-state index in [2.05, 4.69) is 11.6 Å². The molecule has 2 aromatic rings. The van der Waals surface area contributed by atoms with Crippen LogP contribution in [0.25, 0.3) is 6.08 Å². The lowest BCUT2D eigenvalue weighted by molar-refractivity contribution is 0.0733. The maximum atomic E-state index is 12.9. The van der Waals surface area contributed by atoms with Crippen molar-refractivity contribution in [2.45, 2.75) is 13.0 Å². The van der Waals surface area contributed by atoms with E-state index >= 15 is 0 Å². The number of amides is 1. The maximum absolute atomic E-state index is 12.9. The van der Waals surface area contributed by atoms with Crippen molar-refractivity contribution < 1.29 is 9.18 Å². The van der Waals surface area contributed by atoms with Gasteiger partial charge in [-0.3, -0.25) is 9.78 Å². The molecule has 0 aliphatic carbocycles. The second kappa shape index (κ2) is 5.48. The number of benzene rings is 1. The third-order valence-corrected chi connectivity index (χ3v) is 3.67. The molecule has 0 bridgehead atoms. The van der Waals surface area contributed by atoms with Gasteiger partial charge in [-0.15, -0.1) is 0 Å². The minimum absolute atomic E-state index is 0.0790. The number of hydrogen-bond acceptors (Lipinski definition) is 2. The lowest BCUT2D eigenvalue weighted by Gasteiger charge is -2.28. The third-order valence-electron chi connectivity index (χ3n) is 3.67. The quantitative estimate of drug-likeness (QED) is 0.848. The molecule has 1 aliphatic heterocycles. The topological polar surface area (TPSA) is 33.2 Å². The fourth-order valence-corrected chi connectivity index (χ4v) is 2.50. The number of rotatable bonds is 2. The second-order valence-electron chi connectivity index (χ2n) is 5.06. The fourth-order valence-electron chi connectivity index (χ4n) is 2.50. The Morgan fingerprint density at radius 3 is 2.81 bits per heavy atom. The molecule has 21 heavy (non-hydrogen) atoms. The third kappa shape index (κ3) is 2.70. The smallest absolute Gasteiger partial charge is 0.254 e. The Morgan fingerprint density at radius 2 is 2.10 bits per heavy atom. The van der Waals surface area contributed by atoms with Gasteiger partial charge < -0.3 is 4.90 Å². The number of nitrogens with zero attached hydrogens (tertiary/aromatic N) is 2. The first-order chi connectivity index (χ1) is 10.2. The van der Waals surface area contributed by atoms with Crippen molar-refractivity contribution in [3.63, 3.8) is 0 Å². The van der Waals surface area contributed by atoms with Gasteiger partial charge in [-0.05, 0) is 41.5 Å². The van der Waals surface area contributed by atoms with Gasteiger partial charge in [0.05, 0.1) is 0 Å². The normalized spacial score (nSPS) is 13.7. The number of aromatic nitrogens is 1. The Hall–Kier alpha value is -2.49. The molecule has 0 spiro atoms. The van der Waals surface area contributed by atoms with Crippen LogP contribution in [0.5, 0.6) is 0 Å². The summed E-state index contributed by atoms with van der Waals surface area (Å²) >= 11 is 0. The molecule has 0 radical (unpaired) electrons. The number of fused-ring (bicyclic) bond motifs is 1.